The van der Waals surface area contributed by atoms with Crippen molar-refractivity contribution in [2.45, 2.75) is 10.6 Å². The third-order valence-electron chi connectivity index (χ3n) is 4.64. The number of amides is 1. The highest BCUT2D eigenvalue weighted by atomic mass is 79.9. The molecule has 0 unspecified atom stereocenters. The molecule has 10 heteroatoms. The molecule has 0 saturated carbocycles. The second-order valence-electron chi connectivity index (χ2n) is 6.53. The van der Waals surface area contributed by atoms with Crippen LogP contribution < -0.4 is 0 Å². The molecule has 7 nitrogen and oxygen atoms in total. The van der Waals surface area contributed by atoms with Crippen LogP contribution in [0.1, 0.15) is 5.69 Å². The van der Waals surface area contributed by atoms with E-state index in [1.165, 1.54) is 21.9 Å². The monoisotopic (exact) mass is 495 g/mol. The van der Waals surface area contributed by atoms with Gasteiger partial charge in [-0.3, -0.25) is 4.79 Å². The molecule has 2 aromatic heterocycles. The van der Waals surface area contributed by atoms with E-state index < -0.39 is 10.0 Å². The number of carbonyl (C=O) groups excluding carboxylic acids is 1. The number of hydrogen-bond acceptors (Lipinski definition) is 6. The first-order valence-corrected chi connectivity index (χ1v) is 12.0. The number of halogens is 1. The third-order valence-corrected chi connectivity index (χ3v) is 8.63. The Hall–Kier alpha value is -2.01. The van der Waals surface area contributed by atoms with Crippen LogP contribution >= 0.6 is 27.3 Å². The highest BCUT2D eigenvalue weighted by molar-refractivity contribution is 9.11. The molecule has 152 valence electrons. The Bertz CT molecular complexity index is 1100. The molecule has 0 spiro atoms. The summed E-state index contributed by atoms with van der Waals surface area (Å²) < 4.78 is 33.4. The van der Waals surface area contributed by atoms with Crippen molar-refractivity contribution in [2.24, 2.45) is 0 Å². The zero-order valence-electron chi connectivity index (χ0n) is 15.3. The van der Waals surface area contributed by atoms with Crippen molar-refractivity contribution in [1.82, 2.24) is 14.2 Å². The number of thiophene rings is 1. The molecule has 1 fully saturated rings. The molecule has 4 rings (SSSR count). The molecular weight excluding hydrogens is 478 g/mol. The average Bonchev–Trinajstić information content (AvgIpc) is 3.38. The number of nitrogens with zero attached hydrogens (tertiary/aromatic N) is 3. The molecule has 3 aromatic rings. The number of sulfonamides is 1. The smallest absolute Gasteiger partial charge is 0.252 e. The minimum Gasteiger partial charge on any atom is -0.444 e. The molecule has 1 saturated heterocycles. The van der Waals surface area contributed by atoms with Gasteiger partial charge < -0.3 is 9.32 Å². The van der Waals surface area contributed by atoms with E-state index in [1.807, 2.05) is 30.3 Å². The van der Waals surface area contributed by atoms with Crippen LogP contribution in [0.3, 0.4) is 0 Å². The number of hydrogen-bond donors (Lipinski definition) is 0. The fraction of sp³-hybridized carbons (Fsp3) is 0.263. The minimum absolute atomic E-state index is 0.0890. The number of rotatable bonds is 5. The Labute approximate surface area is 181 Å². The maximum Gasteiger partial charge on any atom is 0.252 e. The van der Waals surface area contributed by atoms with Crippen LogP contribution in [0.25, 0.3) is 11.5 Å². The van der Waals surface area contributed by atoms with Gasteiger partial charge in [0, 0.05) is 31.7 Å². The first-order chi connectivity index (χ1) is 13.9. The number of piperazine rings is 1. The van der Waals surface area contributed by atoms with Gasteiger partial charge >= 0.3 is 0 Å². The number of carbonyl (C=O) groups is 1. The summed E-state index contributed by atoms with van der Waals surface area (Å²) in [7, 11) is -3.52. The van der Waals surface area contributed by atoms with E-state index in [4.69, 9.17) is 4.42 Å². The van der Waals surface area contributed by atoms with E-state index >= 15 is 0 Å². The van der Waals surface area contributed by atoms with Gasteiger partial charge in [-0.05, 0) is 40.2 Å². The molecular formula is C19H18BrN3O4S2. The Balaban J connectivity index is 1.35. The lowest BCUT2D eigenvalue weighted by Crippen LogP contribution is -2.50. The van der Waals surface area contributed by atoms with Crippen molar-refractivity contribution in [3.05, 3.63) is 58.2 Å². The fourth-order valence-electron chi connectivity index (χ4n) is 3.11. The largest absolute Gasteiger partial charge is 0.444 e. The Morgan fingerprint density at radius 2 is 1.83 bits per heavy atom. The predicted octanol–water partition coefficient (Wildman–Crippen LogP) is 3.24. The van der Waals surface area contributed by atoms with Crippen LogP contribution in [0.2, 0.25) is 0 Å². The summed E-state index contributed by atoms with van der Waals surface area (Å²) in [6, 6.07) is 12.8. The van der Waals surface area contributed by atoms with Crippen LogP contribution in [-0.4, -0.2) is 54.7 Å². The highest BCUT2D eigenvalue weighted by Gasteiger charge is 2.31. The van der Waals surface area contributed by atoms with E-state index in [0.717, 1.165) is 9.35 Å². The molecule has 1 aromatic carbocycles. The third kappa shape index (κ3) is 4.45. The molecule has 1 aliphatic rings. The molecule has 0 radical (unpaired) electrons. The zero-order valence-corrected chi connectivity index (χ0v) is 18.5. The summed E-state index contributed by atoms with van der Waals surface area (Å²) in [5.74, 6) is 0.389. The molecule has 0 N–H and O–H groups in total. The topological polar surface area (TPSA) is 83.7 Å². The summed E-state index contributed by atoms with van der Waals surface area (Å²) in [6.45, 7) is 1.26. The van der Waals surface area contributed by atoms with Gasteiger partial charge in [-0.2, -0.15) is 4.31 Å². The molecule has 0 bridgehead atoms. The first-order valence-electron chi connectivity index (χ1n) is 8.96. The lowest BCUT2D eigenvalue weighted by atomic mass is 10.2. The van der Waals surface area contributed by atoms with Crippen molar-refractivity contribution >= 4 is 43.2 Å². The van der Waals surface area contributed by atoms with Crippen molar-refractivity contribution < 1.29 is 17.6 Å². The predicted molar refractivity (Wildman–Crippen MR) is 113 cm³/mol. The Morgan fingerprint density at radius 3 is 2.48 bits per heavy atom. The zero-order chi connectivity index (χ0) is 20.4. The SMILES string of the molecule is O=C(Cc1coc(-c2ccccc2)n1)N1CCN(S(=O)(=O)c2ccc(Br)s2)CC1. The Morgan fingerprint density at radius 1 is 1.10 bits per heavy atom. The summed E-state index contributed by atoms with van der Waals surface area (Å²) in [5, 5.41) is 0. The fourth-order valence-corrected chi connectivity index (χ4v) is 6.70. The van der Waals surface area contributed by atoms with Crippen LogP contribution in [0.4, 0.5) is 0 Å². The highest BCUT2D eigenvalue weighted by Crippen LogP contribution is 2.29. The van der Waals surface area contributed by atoms with E-state index in [9.17, 15) is 13.2 Å². The molecule has 1 amide bonds. The maximum absolute atomic E-state index is 12.7. The molecule has 0 aliphatic carbocycles. The van der Waals surface area contributed by atoms with E-state index in [1.54, 1.807) is 17.0 Å². The number of oxazole rings is 1. The summed E-state index contributed by atoms with van der Waals surface area (Å²) in [6.07, 6.45) is 1.62. The van der Waals surface area contributed by atoms with Gasteiger partial charge in [-0.15, -0.1) is 11.3 Å². The molecule has 1 aliphatic heterocycles. The summed E-state index contributed by atoms with van der Waals surface area (Å²) in [4.78, 5) is 18.7. The Kier molecular flexibility index (Phi) is 5.86. The van der Waals surface area contributed by atoms with E-state index in [-0.39, 0.29) is 25.4 Å². The van der Waals surface area contributed by atoms with Gasteiger partial charge in [0.05, 0.1) is 15.9 Å². The number of aromatic nitrogens is 1. The number of benzene rings is 1. The van der Waals surface area contributed by atoms with Crippen LogP contribution in [0.5, 0.6) is 0 Å². The van der Waals surface area contributed by atoms with E-state index in [0.29, 0.717) is 28.9 Å². The standard InChI is InChI=1S/C19H18BrN3O4S2/c20-16-6-7-18(28-16)29(25,26)23-10-8-22(9-11-23)17(24)12-15-13-27-19(21-15)14-4-2-1-3-5-14/h1-7,13H,8-12H2. The van der Waals surface area contributed by atoms with Gasteiger partial charge in [-0.1, -0.05) is 18.2 Å². The van der Waals surface area contributed by atoms with Crippen molar-refractivity contribution in [3.8, 4) is 11.5 Å². The maximum atomic E-state index is 12.7. The van der Waals surface area contributed by atoms with Crippen molar-refractivity contribution in [1.29, 1.82) is 0 Å². The van der Waals surface area contributed by atoms with Gasteiger partial charge in [0.25, 0.3) is 10.0 Å². The van der Waals surface area contributed by atoms with Gasteiger partial charge in [0.1, 0.15) is 10.5 Å². The summed E-state index contributed by atoms with van der Waals surface area (Å²) in [5.41, 5.74) is 1.41. The van der Waals surface area contributed by atoms with Crippen molar-refractivity contribution in [3.63, 3.8) is 0 Å². The van der Waals surface area contributed by atoms with Gasteiger partial charge in [0.15, 0.2) is 0 Å². The second-order valence-corrected chi connectivity index (χ2v) is 11.2. The van der Waals surface area contributed by atoms with Crippen molar-refractivity contribution in [2.75, 3.05) is 26.2 Å². The van der Waals surface area contributed by atoms with Gasteiger partial charge in [-0.25, -0.2) is 13.4 Å². The van der Waals surface area contributed by atoms with Crippen LogP contribution in [-0.2, 0) is 21.2 Å². The lowest BCUT2D eigenvalue weighted by Gasteiger charge is -2.33. The average molecular weight is 496 g/mol. The van der Waals surface area contributed by atoms with Crippen LogP contribution in [0, 0.1) is 0 Å². The quantitative estimate of drug-likeness (QED) is 0.542. The minimum atomic E-state index is -3.52. The molecule has 29 heavy (non-hydrogen) atoms. The second kappa shape index (κ2) is 8.39. The molecule has 3 heterocycles. The first kappa shape index (κ1) is 20.3. The lowest BCUT2D eigenvalue weighted by molar-refractivity contribution is -0.131. The summed E-state index contributed by atoms with van der Waals surface area (Å²) >= 11 is 4.48. The normalized spacial score (nSPS) is 15.6. The van der Waals surface area contributed by atoms with E-state index in [2.05, 4.69) is 20.9 Å². The van der Waals surface area contributed by atoms with Gasteiger partial charge in [0.2, 0.25) is 11.8 Å². The molecule has 0 atom stereocenters. The van der Waals surface area contributed by atoms with Crippen LogP contribution in [0.15, 0.2) is 61.1 Å².